The first-order chi connectivity index (χ1) is 16.6. The van der Waals surface area contributed by atoms with Crippen LogP contribution in [0.5, 0.6) is 0 Å². The van der Waals surface area contributed by atoms with Gasteiger partial charge in [-0.25, -0.2) is 0 Å². The van der Waals surface area contributed by atoms with Crippen molar-refractivity contribution in [3.63, 3.8) is 0 Å². The second-order valence-corrected chi connectivity index (χ2v) is 9.94. The Morgan fingerprint density at radius 2 is 1.62 bits per heavy atom. The van der Waals surface area contributed by atoms with Crippen molar-refractivity contribution in [3.8, 4) is 0 Å². The van der Waals surface area contributed by atoms with Crippen molar-refractivity contribution in [3.05, 3.63) is 107 Å². The molecule has 176 valence electrons. The van der Waals surface area contributed by atoms with Crippen molar-refractivity contribution in [1.82, 2.24) is 9.80 Å². The van der Waals surface area contributed by atoms with Gasteiger partial charge in [-0.1, -0.05) is 72.8 Å². The van der Waals surface area contributed by atoms with Crippen LogP contribution in [0.4, 0.5) is 0 Å². The third-order valence-electron chi connectivity index (χ3n) is 7.68. The van der Waals surface area contributed by atoms with E-state index in [1.165, 1.54) is 17.5 Å². The number of likely N-dealkylation sites (tertiary alicyclic amines) is 2. The lowest BCUT2D eigenvalue weighted by atomic mass is 9.91. The lowest BCUT2D eigenvalue weighted by Crippen LogP contribution is -2.44. The van der Waals surface area contributed by atoms with Gasteiger partial charge in [0, 0.05) is 37.2 Å². The predicted molar refractivity (Wildman–Crippen MR) is 138 cm³/mol. The lowest BCUT2D eigenvalue weighted by molar-refractivity contribution is 0.0699. The first-order valence-corrected chi connectivity index (χ1v) is 12.6. The van der Waals surface area contributed by atoms with E-state index in [1.807, 2.05) is 31.2 Å². The molecule has 0 spiro atoms. The second-order valence-electron chi connectivity index (χ2n) is 9.94. The fourth-order valence-corrected chi connectivity index (χ4v) is 5.80. The van der Waals surface area contributed by atoms with Crippen molar-refractivity contribution in [2.75, 3.05) is 26.2 Å². The monoisotopic (exact) mass is 453 g/mol. The Balaban J connectivity index is 1.38. The first kappa shape index (κ1) is 22.8. The van der Waals surface area contributed by atoms with Crippen LogP contribution in [-0.2, 0) is 0 Å². The molecule has 4 nitrogen and oxygen atoms in total. The van der Waals surface area contributed by atoms with E-state index in [-0.39, 0.29) is 18.0 Å². The van der Waals surface area contributed by atoms with Gasteiger partial charge in [-0.2, -0.15) is 0 Å². The highest BCUT2D eigenvalue weighted by molar-refractivity contribution is 5.95. The molecule has 0 bridgehead atoms. The molecule has 3 aromatic carbocycles. The molecule has 0 aromatic heterocycles. The maximum Gasteiger partial charge on any atom is 0.254 e. The van der Waals surface area contributed by atoms with E-state index < -0.39 is 0 Å². The predicted octanol–water partition coefficient (Wildman–Crippen LogP) is 5.19. The van der Waals surface area contributed by atoms with Crippen molar-refractivity contribution < 1.29 is 4.79 Å². The number of amides is 1. The molecule has 34 heavy (non-hydrogen) atoms. The summed E-state index contributed by atoms with van der Waals surface area (Å²) >= 11 is 0. The third kappa shape index (κ3) is 4.79. The second kappa shape index (κ2) is 10.1. The average molecular weight is 454 g/mol. The SMILES string of the molecule is CC(N)c1cccc(C(=O)N2CCC(c3ccccc3)C2CN2CCC(c3ccccc3)C2)c1. The number of hydrogen-bond donors (Lipinski definition) is 1. The highest BCUT2D eigenvalue weighted by Gasteiger charge is 2.40. The van der Waals surface area contributed by atoms with E-state index in [4.69, 9.17) is 5.73 Å². The Morgan fingerprint density at radius 1 is 0.912 bits per heavy atom. The fourth-order valence-electron chi connectivity index (χ4n) is 5.80. The highest BCUT2D eigenvalue weighted by Crippen LogP contribution is 2.37. The minimum atomic E-state index is -0.0845. The summed E-state index contributed by atoms with van der Waals surface area (Å²) in [7, 11) is 0. The van der Waals surface area contributed by atoms with Crippen molar-refractivity contribution in [2.45, 2.75) is 43.7 Å². The van der Waals surface area contributed by atoms with Crippen molar-refractivity contribution in [2.24, 2.45) is 5.73 Å². The van der Waals surface area contributed by atoms with E-state index in [0.717, 1.165) is 43.7 Å². The Hall–Kier alpha value is -2.95. The van der Waals surface area contributed by atoms with Crippen LogP contribution in [0.15, 0.2) is 84.9 Å². The topological polar surface area (TPSA) is 49.6 Å². The zero-order valence-corrected chi connectivity index (χ0v) is 20.0. The quantitative estimate of drug-likeness (QED) is 0.558. The van der Waals surface area contributed by atoms with Gasteiger partial charge in [-0.05, 0) is 61.1 Å². The summed E-state index contributed by atoms with van der Waals surface area (Å²) in [6, 6.07) is 29.5. The molecule has 4 atom stereocenters. The average Bonchev–Trinajstić information content (AvgIpc) is 3.52. The van der Waals surface area contributed by atoms with Crippen LogP contribution in [0.3, 0.4) is 0 Å². The van der Waals surface area contributed by atoms with E-state index >= 15 is 0 Å². The zero-order chi connectivity index (χ0) is 23.5. The van der Waals surface area contributed by atoms with Crippen LogP contribution in [-0.4, -0.2) is 47.9 Å². The molecule has 2 heterocycles. The number of nitrogens with zero attached hydrogens (tertiary/aromatic N) is 2. The molecular weight excluding hydrogens is 418 g/mol. The molecule has 5 rings (SSSR count). The molecule has 0 radical (unpaired) electrons. The number of hydrogen-bond acceptors (Lipinski definition) is 3. The van der Waals surface area contributed by atoms with Crippen LogP contribution in [0.25, 0.3) is 0 Å². The Kier molecular flexibility index (Phi) is 6.80. The summed E-state index contributed by atoms with van der Waals surface area (Å²) in [6.45, 7) is 5.82. The van der Waals surface area contributed by atoms with Crippen LogP contribution in [0, 0.1) is 0 Å². The van der Waals surface area contributed by atoms with Crippen LogP contribution < -0.4 is 5.73 Å². The molecule has 0 saturated carbocycles. The van der Waals surface area contributed by atoms with E-state index in [1.54, 1.807) is 0 Å². The van der Waals surface area contributed by atoms with Crippen molar-refractivity contribution in [1.29, 1.82) is 0 Å². The van der Waals surface area contributed by atoms with Crippen LogP contribution >= 0.6 is 0 Å². The third-order valence-corrected chi connectivity index (χ3v) is 7.68. The molecule has 2 N–H and O–H groups in total. The van der Waals surface area contributed by atoms with Crippen LogP contribution in [0.1, 0.15) is 64.7 Å². The van der Waals surface area contributed by atoms with Gasteiger partial charge in [-0.3, -0.25) is 4.79 Å². The van der Waals surface area contributed by atoms with E-state index in [2.05, 4.69) is 70.5 Å². The minimum Gasteiger partial charge on any atom is -0.334 e. The van der Waals surface area contributed by atoms with Gasteiger partial charge in [0.15, 0.2) is 0 Å². The van der Waals surface area contributed by atoms with Gasteiger partial charge in [0.2, 0.25) is 0 Å². The Morgan fingerprint density at radius 3 is 2.32 bits per heavy atom. The number of rotatable bonds is 6. The summed E-state index contributed by atoms with van der Waals surface area (Å²) in [5.74, 6) is 1.06. The molecule has 2 aliphatic rings. The number of benzene rings is 3. The van der Waals surface area contributed by atoms with Crippen LogP contribution in [0.2, 0.25) is 0 Å². The molecule has 1 amide bonds. The Labute approximate surface area is 203 Å². The largest absolute Gasteiger partial charge is 0.334 e. The standard InChI is InChI=1S/C30H35N3O/c1-22(31)25-13-8-14-26(19-25)30(34)33-18-16-28(24-11-6-3-7-12-24)29(33)21-32-17-15-27(20-32)23-9-4-2-5-10-23/h2-14,19,22,27-29H,15-18,20-21,31H2,1H3. The normalized spacial score (nSPS) is 23.8. The molecule has 4 heteroatoms. The minimum absolute atomic E-state index is 0.0845. The van der Waals surface area contributed by atoms with Gasteiger partial charge in [0.25, 0.3) is 5.91 Å². The smallest absolute Gasteiger partial charge is 0.254 e. The molecule has 4 unspecified atom stereocenters. The molecule has 3 aromatic rings. The fraction of sp³-hybridized carbons (Fsp3) is 0.367. The van der Waals surface area contributed by atoms with Gasteiger partial charge in [-0.15, -0.1) is 0 Å². The number of carbonyl (C=O) groups excluding carboxylic acids is 1. The summed E-state index contributed by atoms with van der Waals surface area (Å²) < 4.78 is 0. The number of nitrogens with two attached hydrogens (primary N) is 1. The highest BCUT2D eigenvalue weighted by atomic mass is 16.2. The summed E-state index contributed by atoms with van der Waals surface area (Å²) in [6.07, 6.45) is 2.18. The molecule has 0 aliphatic carbocycles. The Bertz CT molecular complexity index is 1100. The maximum absolute atomic E-state index is 13.7. The van der Waals surface area contributed by atoms with Gasteiger partial charge in [0.05, 0.1) is 6.04 Å². The molecular formula is C30H35N3O. The summed E-state index contributed by atoms with van der Waals surface area (Å²) in [5.41, 5.74) is 10.6. The van der Waals surface area contributed by atoms with Gasteiger partial charge < -0.3 is 15.5 Å². The first-order valence-electron chi connectivity index (χ1n) is 12.6. The lowest BCUT2D eigenvalue weighted by Gasteiger charge is -2.32. The molecule has 2 saturated heterocycles. The zero-order valence-electron chi connectivity index (χ0n) is 20.0. The van der Waals surface area contributed by atoms with E-state index in [0.29, 0.717) is 11.8 Å². The van der Waals surface area contributed by atoms with Gasteiger partial charge >= 0.3 is 0 Å². The van der Waals surface area contributed by atoms with Gasteiger partial charge in [0.1, 0.15) is 0 Å². The molecule has 2 fully saturated rings. The maximum atomic E-state index is 13.7. The summed E-state index contributed by atoms with van der Waals surface area (Å²) in [4.78, 5) is 18.4. The summed E-state index contributed by atoms with van der Waals surface area (Å²) in [5, 5.41) is 0. The van der Waals surface area contributed by atoms with E-state index in [9.17, 15) is 4.79 Å². The number of carbonyl (C=O) groups is 1. The molecule has 2 aliphatic heterocycles. The van der Waals surface area contributed by atoms with Crippen molar-refractivity contribution >= 4 is 5.91 Å².